The van der Waals surface area contributed by atoms with Gasteiger partial charge in [-0.05, 0) is 31.6 Å². The predicted octanol–water partition coefficient (Wildman–Crippen LogP) is 6.45. The van der Waals surface area contributed by atoms with Crippen LogP contribution in [0.25, 0.3) is 0 Å². The number of hydrogen-bond donors (Lipinski definition) is 2. The van der Waals surface area contributed by atoms with Crippen molar-refractivity contribution in [3.63, 3.8) is 0 Å². The Bertz CT molecular complexity index is 375. The van der Waals surface area contributed by atoms with Gasteiger partial charge >= 0.3 is 6.03 Å². The summed E-state index contributed by atoms with van der Waals surface area (Å²) in [7, 11) is 0. The van der Waals surface area contributed by atoms with Gasteiger partial charge < -0.3 is 10.6 Å². The number of amides is 2. The summed E-state index contributed by atoms with van der Waals surface area (Å²) in [5.41, 5.74) is 0. The molecule has 1 rings (SSSR count). The van der Waals surface area contributed by atoms with E-state index in [9.17, 15) is 4.79 Å². The van der Waals surface area contributed by atoms with Crippen molar-refractivity contribution in [2.45, 2.75) is 123 Å². The molecule has 0 aliphatic carbocycles. The first-order valence-corrected chi connectivity index (χ1v) is 12.5. The van der Waals surface area contributed by atoms with Crippen LogP contribution in [0.5, 0.6) is 0 Å². The molecule has 0 aromatic heterocycles. The molecule has 4 heteroatoms. The van der Waals surface area contributed by atoms with Crippen LogP contribution in [0.2, 0.25) is 0 Å². The van der Waals surface area contributed by atoms with Crippen molar-refractivity contribution >= 4 is 6.03 Å². The molecule has 1 saturated heterocycles. The van der Waals surface area contributed by atoms with Gasteiger partial charge in [-0.1, -0.05) is 91.4 Å². The van der Waals surface area contributed by atoms with Gasteiger partial charge in [0.15, 0.2) is 0 Å². The van der Waals surface area contributed by atoms with Crippen LogP contribution >= 0.6 is 0 Å². The molecule has 1 fully saturated rings. The Balaban J connectivity index is 1.93. The number of nitrogens with one attached hydrogen (secondary N) is 2. The second-order valence-corrected chi connectivity index (χ2v) is 8.96. The molecular weight excluding hydrogens is 346 g/mol. The fourth-order valence-electron chi connectivity index (χ4n) is 4.33. The van der Waals surface area contributed by atoms with E-state index in [1.165, 1.54) is 83.5 Å². The van der Waals surface area contributed by atoms with Crippen molar-refractivity contribution < 1.29 is 4.79 Å². The van der Waals surface area contributed by atoms with E-state index in [1.807, 2.05) is 0 Å². The Hall–Kier alpha value is -0.770. The lowest BCUT2D eigenvalue weighted by molar-refractivity contribution is 0.109. The summed E-state index contributed by atoms with van der Waals surface area (Å²) in [4.78, 5) is 14.6. The zero-order valence-corrected chi connectivity index (χ0v) is 19.2. The maximum absolute atomic E-state index is 12.2. The van der Waals surface area contributed by atoms with Crippen LogP contribution in [0, 0.1) is 5.92 Å². The highest BCUT2D eigenvalue weighted by molar-refractivity contribution is 5.74. The first-order chi connectivity index (χ1) is 13.7. The molecule has 28 heavy (non-hydrogen) atoms. The van der Waals surface area contributed by atoms with Gasteiger partial charge in [0, 0.05) is 19.6 Å². The fraction of sp³-hybridized carbons (Fsp3) is 0.958. The number of urea groups is 1. The van der Waals surface area contributed by atoms with Gasteiger partial charge in [-0.25, -0.2) is 4.79 Å². The van der Waals surface area contributed by atoms with Crippen LogP contribution in [0.15, 0.2) is 0 Å². The minimum absolute atomic E-state index is 0.00755. The van der Waals surface area contributed by atoms with Crippen molar-refractivity contribution in [1.29, 1.82) is 0 Å². The number of nitrogens with zero attached hydrogens (tertiary/aromatic N) is 1. The van der Waals surface area contributed by atoms with E-state index in [4.69, 9.17) is 0 Å². The summed E-state index contributed by atoms with van der Waals surface area (Å²) in [6.07, 6.45) is 19.9. The number of carbonyl (C=O) groups is 1. The van der Waals surface area contributed by atoms with Crippen molar-refractivity contribution in [3.05, 3.63) is 0 Å². The first-order valence-electron chi connectivity index (χ1n) is 12.5. The maximum atomic E-state index is 12.2. The first kappa shape index (κ1) is 25.3. The Morgan fingerprint density at radius 3 is 2.04 bits per heavy atom. The molecule has 2 amide bonds. The van der Waals surface area contributed by atoms with Gasteiger partial charge in [-0.15, -0.1) is 0 Å². The topological polar surface area (TPSA) is 44.4 Å². The highest BCUT2D eigenvalue weighted by Gasteiger charge is 2.23. The van der Waals surface area contributed by atoms with Crippen LogP contribution in [-0.2, 0) is 0 Å². The number of carbonyl (C=O) groups excluding carboxylic acids is 1. The molecule has 166 valence electrons. The van der Waals surface area contributed by atoms with Crippen LogP contribution in [0.4, 0.5) is 4.79 Å². The van der Waals surface area contributed by atoms with Crippen molar-refractivity contribution in [2.24, 2.45) is 5.92 Å². The molecule has 0 aromatic rings. The molecule has 0 saturated carbocycles. The van der Waals surface area contributed by atoms with Gasteiger partial charge in [0.2, 0.25) is 0 Å². The van der Waals surface area contributed by atoms with E-state index in [0.717, 1.165) is 38.4 Å². The quantitative estimate of drug-likeness (QED) is 0.295. The predicted molar refractivity (Wildman–Crippen MR) is 122 cm³/mol. The summed E-state index contributed by atoms with van der Waals surface area (Å²) < 4.78 is 0. The maximum Gasteiger partial charge on any atom is 0.316 e. The SMILES string of the molecule is CCCCCCCCCCCCCCNC(=O)NC(CC)N1CCCC(C)C1. The third-order valence-electron chi connectivity index (χ3n) is 6.13. The van der Waals surface area contributed by atoms with E-state index in [2.05, 4.69) is 36.3 Å². The number of hydrogen-bond acceptors (Lipinski definition) is 2. The lowest BCUT2D eigenvalue weighted by atomic mass is 9.99. The Kier molecular flexibility index (Phi) is 15.4. The lowest BCUT2D eigenvalue weighted by Gasteiger charge is -2.37. The monoisotopic (exact) mass is 395 g/mol. The van der Waals surface area contributed by atoms with Gasteiger partial charge in [0.25, 0.3) is 0 Å². The van der Waals surface area contributed by atoms with Crippen molar-refractivity contribution in [1.82, 2.24) is 15.5 Å². The largest absolute Gasteiger partial charge is 0.338 e. The zero-order chi connectivity index (χ0) is 20.5. The second kappa shape index (κ2) is 17.1. The molecule has 0 spiro atoms. The molecule has 0 bridgehead atoms. The van der Waals surface area contributed by atoms with Gasteiger partial charge in [0.05, 0.1) is 6.17 Å². The molecule has 1 heterocycles. The summed E-state index contributed by atoms with van der Waals surface area (Å²) in [6.45, 7) is 9.78. The Morgan fingerprint density at radius 1 is 0.929 bits per heavy atom. The number of unbranched alkanes of at least 4 members (excludes halogenated alkanes) is 11. The standard InChI is InChI=1S/C24H49N3O/c1-4-6-7-8-9-10-11-12-13-14-15-16-19-25-24(28)26-23(5-2)27-20-17-18-22(3)21-27/h22-23H,4-21H2,1-3H3,(H2,25,26,28). The van der Waals surface area contributed by atoms with Gasteiger partial charge in [-0.3, -0.25) is 4.90 Å². The Morgan fingerprint density at radius 2 is 1.50 bits per heavy atom. The van der Waals surface area contributed by atoms with E-state index in [0.29, 0.717) is 0 Å². The zero-order valence-electron chi connectivity index (χ0n) is 19.2. The summed E-state index contributed by atoms with van der Waals surface area (Å²) >= 11 is 0. The van der Waals surface area contributed by atoms with E-state index >= 15 is 0 Å². The highest BCUT2D eigenvalue weighted by atomic mass is 16.2. The molecule has 1 aliphatic heterocycles. The van der Waals surface area contributed by atoms with Gasteiger partial charge in [-0.2, -0.15) is 0 Å². The van der Waals surface area contributed by atoms with E-state index < -0.39 is 0 Å². The molecule has 0 aromatic carbocycles. The second-order valence-electron chi connectivity index (χ2n) is 8.96. The van der Waals surface area contributed by atoms with Gasteiger partial charge in [0.1, 0.15) is 0 Å². The minimum Gasteiger partial charge on any atom is -0.338 e. The highest BCUT2D eigenvalue weighted by Crippen LogP contribution is 2.18. The van der Waals surface area contributed by atoms with Crippen LogP contribution in [0.1, 0.15) is 117 Å². The number of rotatable bonds is 16. The normalized spacial score (nSPS) is 18.8. The average Bonchev–Trinajstić information content (AvgIpc) is 2.69. The lowest BCUT2D eigenvalue weighted by Crippen LogP contribution is -2.53. The average molecular weight is 396 g/mol. The summed E-state index contributed by atoms with van der Waals surface area (Å²) in [5.74, 6) is 0.744. The fourth-order valence-corrected chi connectivity index (χ4v) is 4.33. The summed E-state index contributed by atoms with van der Waals surface area (Å²) in [6, 6.07) is 0.00755. The van der Waals surface area contributed by atoms with E-state index in [-0.39, 0.29) is 12.2 Å². The third kappa shape index (κ3) is 12.6. The number of piperidine rings is 1. The molecule has 2 N–H and O–H groups in total. The molecule has 0 radical (unpaired) electrons. The molecule has 2 atom stereocenters. The smallest absolute Gasteiger partial charge is 0.316 e. The molecule has 1 aliphatic rings. The summed E-state index contributed by atoms with van der Waals surface area (Å²) in [5, 5.41) is 6.23. The van der Waals surface area contributed by atoms with Crippen molar-refractivity contribution in [2.75, 3.05) is 19.6 Å². The molecular formula is C24H49N3O. The Labute approximate surface area is 175 Å². The third-order valence-corrected chi connectivity index (χ3v) is 6.13. The minimum atomic E-state index is 0.00755. The van der Waals surface area contributed by atoms with E-state index in [1.54, 1.807) is 0 Å². The molecule has 4 nitrogen and oxygen atoms in total. The van der Waals surface area contributed by atoms with Crippen LogP contribution in [0.3, 0.4) is 0 Å². The van der Waals surface area contributed by atoms with Crippen LogP contribution in [-0.4, -0.2) is 36.7 Å². The van der Waals surface area contributed by atoms with Crippen LogP contribution < -0.4 is 10.6 Å². The molecule has 2 unspecified atom stereocenters. The number of likely N-dealkylation sites (tertiary alicyclic amines) is 1. The van der Waals surface area contributed by atoms with Crippen molar-refractivity contribution in [3.8, 4) is 0 Å².